The molecule has 2 fully saturated rings. The van der Waals surface area contributed by atoms with Gasteiger partial charge in [0.2, 0.25) is 5.95 Å². The first-order valence-corrected chi connectivity index (χ1v) is 15.5. The van der Waals surface area contributed by atoms with E-state index in [1.807, 2.05) is 4.90 Å². The number of likely N-dealkylation sites (tertiary alicyclic amines) is 1. The number of nitrogen functional groups attached to an aromatic ring is 1. The number of nitrogens with zero attached hydrogens (tertiary/aromatic N) is 7. The van der Waals surface area contributed by atoms with Crippen molar-refractivity contribution in [3.05, 3.63) is 65.1 Å². The van der Waals surface area contributed by atoms with Crippen LogP contribution >= 0.6 is 0 Å². The van der Waals surface area contributed by atoms with E-state index < -0.39 is 35.0 Å². The van der Waals surface area contributed by atoms with Crippen molar-refractivity contribution < 1.29 is 26.7 Å². The summed E-state index contributed by atoms with van der Waals surface area (Å²) in [5.74, 6) is -2.57. The number of anilines is 2. The van der Waals surface area contributed by atoms with Gasteiger partial charge in [-0.25, -0.2) is 23.7 Å². The maximum Gasteiger partial charge on any atom is 0.455 e. The van der Waals surface area contributed by atoms with Gasteiger partial charge in [0.05, 0.1) is 11.3 Å². The Morgan fingerprint density at radius 3 is 2.43 bits per heavy atom. The Kier molecular flexibility index (Phi) is 8.66. The van der Waals surface area contributed by atoms with E-state index in [0.29, 0.717) is 54.4 Å². The number of carbonyl (C=O) groups excluding carboxylic acids is 1. The molecule has 1 aromatic carbocycles. The fourth-order valence-electron chi connectivity index (χ4n) is 6.46. The van der Waals surface area contributed by atoms with Crippen LogP contribution in [0.1, 0.15) is 67.3 Å². The number of hydrogen-bond donors (Lipinski definition) is 1. The summed E-state index contributed by atoms with van der Waals surface area (Å²) in [7, 11) is 0. The summed E-state index contributed by atoms with van der Waals surface area (Å²) in [6.07, 6.45) is -1.23. The molecule has 2 saturated heterocycles. The topological polar surface area (TPSA) is 106 Å². The number of rotatable bonds is 7. The van der Waals surface area contributed by atoms with Gasteiger partial charge < -0.3 is 15.5 Å². The molecule has 1 atom stereocenters. The summed E-state index contributed by atoms with van der Waals surface area (Å²) in [4.78, 5) is 30.0. The maximum absolute atomic E-state index is 14.9. The van der Waals surface area contributed by atoms with Crippen LogP contribution in [0.25, 0.3) is 16.9 Å². The molecule has 244 valence electrons. The Labute approximate surface area is 262 Å². The molecule has 0 amide bonds. The summed E-state index contributed by atoms with van der Waals surface area (Å²) in [5, 5.41) is 4.90. The van der Waals surface area contributed by atoms with Crippen LogP contribution in [0.15, 0.2) is 36.4 Å². The van der Waals surface area contributed by atoms with Crippen LogP contribution < -0.4 is 10.6 Å². The van der Waals surface area contributed by atoms with Crippen molar-refractivity contribution in [2.24, 2.45) is 5.92 Å². The molecule has 0 saturated carbocycles. The van der Waals surface area contributed by atoms with Gasteiger partial charge in [-0.3, -0.25) is 4.79 Å². The highest BCUT2D eigenvalue weighted by Gasteiger charge is 2.40. The van der Waals surface area contributed by atoms with Gasteiger partial charge in [0, 0.05) is 48.4 Å². The molecule has 46 heavy (non-hydrogen) atoms. The second kappa shape index (κ2) is 12.5. The normalized spacial score (nSPS) is 18.5. The fraction of sp³-hybridized carbons (Fsp3) is 0.469. The van der Waals surface area contributed by atoms with Crippen molar-refractivity contribution in [1.82, 2.24) is 29.5 Å². The first-order chi connectivity index (χ1) is 21.9. The van der Waals surface area contributed by atoms with E-state index >= 15 is 0 Å². The van der Waals surface area contributed by atoms with E-state index in [-0.39, 0.29) is 17.4 Å². The summed E-state index contributed by atoms with van der Waals surface area (Å²) < 4.78 is 69.2. The van der Waals surface area contributed by atoms with Crippen LogP contribution in [0.5, 0.6) is 0 Å². The number of ketones is 1. The first kappa shape index (κ1) is 31.8. The van der Waals surface area contributed by atoms with Crippen LogP contribution in [0.3, 0.4) is 0 Å². The predicted octanol–water partition coefficient (Wildman–Crippen LogP) is 5.84. The van der Waals surface area contributed by atoms with Gasteiger partial charge in [0.1, 0.15) is 17.5 Å². The van der Waals surface area contributed by atoms with Crippen LogP contribution in [0, 0.1) is 17.6 Å². The summed E-state index contributed by atoms with van der Waals surface area (Å²) in [5.41, 5.74) is 6.50. The standard InChI is InChI=1S/C32H35F5N8O/c1-18(2)43-12-9-20(10-13-43)30-41-27-16-26(23-7-5-21(33)15-25(23)34)40-31(45(27)42-30)44-11-3-4-19(17-44)14-22-6-8-24(29(38)39-22)28(46)32(35,36)37/h5-8,15-16,18-20H,3-4,9-14,17H2,1-2H3,(H2,38,39). The van der Waals surface area contributed by atoms with Crippen molar-refractivity contribution >= 4 is 23.2 Å². The van der Waals surface area contributed by atoms with Crippen LogP contribution in [-0.2, 0) is 6.42 Å². The van der Waals surface area contributed by atoms with E-state index in [0.717, 1.165) is 50.9 Å². The molecule has 14 heteroatoms. The van der Waals surface area contributed by atoms with Crippen molar-refractivity contribution in [3.8, 4) is 11.3 Å². The highest BCUT2D eigenvalue weighted by Crippen LogP contribution is 2.32. The van der Waals surface area contributed by atoms with E-state index in [4.69, 9.17) is 20.8 Å². The molecular weight excluding hydrogens is 607 g/mol. The summed E-state index contributed by atoms with van der Waals surface area (Å²) in [6, 6.07) is 7.95. The molecule has 3 aromatic heterocycles. The van der Waals surface area contributed by atoms with Crippen molar-refractivity contribution in [2.75, 3.05) is 36.8 Å². The number of halogens is 5. The lowest BCUT2D eigenvalue weighted by atomic mass is 9.93. The average Bonchev–Trinajstić information content (AvgIpc) is 3.44. The van der Waals surface area contributed by atoms with Gasteiger partial charge in [-0.15, -0.1) is 5.10 Å². The van der Waals surface area contributed by atoms with Gasteiger partial charge in [-0.1, -0.05) is 0 Å². The lowest BCUT2D eigenvalue weighted by Gasteiger charge is -2.34. The number of Topliss-reactive ketones (excluding diaryl/α,β-unsaturated/α-hetero) is 1. The molecule has 1 unspecified atom stereocenters. The Balaban J connectivity index is 1.30. The van der Waals surface area contributed by atoms with Gasteiger partial charge in [-0.2, -0.15) is 17.7 Å². The lowest BCUT2D eigenvalue weighted by molar-refractivity contribution is -0.0884. The zero-order valence-corrected chi connectivity index (χ0v) is 25.6. The van der Waals surface area contributed by atoms with E-state index in [1.54, 1.807) is 10.6 Å². The highest BCUT2D eigenvalue weighted by atomic mass is 19.4. The SMILES string of the molecule is CC(C)N1CCC(c2nc3cc(-c4ccc(F)cc4F)nc(N4CCCC(Cc5ccc(C(=O)C(F)(F)F)c(N)n5)C4)n3n2)CC1. The highest BCUT2D eigenvalue weighted by molar-refractivity contribution is 6.03. The van der Waals surface area contributed by atoms with Crippen molar-refractivity contribution in [2.45, 2.75) is 64.1 Å². The molecule has 4 aromatic rings. The van der Waals surface area contributed by atoms with E-state index in [9.17, 15) is 26.7 Å². The second-order valence-corrected chi connectivity index (χ2v) is 12.4. The summed E-state index contributed by atoms with van der Waals surface area (Å²) in [6.45, 7) is 7.37. The molecule has 0 radical (unpaired) electrons. The van der Waals surface area contributed by atoms with Crippen LogP contribution in [0.4, 0.5) is 33.7 Å². The Bertz CT molecular complexity index is 1750. The minimum atomic E-state index is -5.04. The molecule has 5 heterocycles. The molecule has 2 N–H and O–H groups in total. The van der Waals surface area contributed by atoms with Crippen molar-refractivity contribution in [1.29, 1.82) is 0 Å². The van der Waals surface area contributed by atoms with Gasteiger partial charge in [0.15, 0.2) is 11.5 Å². The Morgan fingerprint density at radius 1 is 1.00 bits per heavy atom. The van der Waals surface area contributed by atoms with Gasteiger partial charge in [-0.05, 0) is 89.2 Å². The molecular formula is C32H35F5N8O. The largest absolute Gasteiger partial charge is 0.455 e. The number of aromatic nitrogens is 5. The lowest BCUT2D eigenvalue weighted by Crippen LogP contribution is -2.38. The third-order valence-electron chi connectivity index (χ3n) is 8.94. The first-order valence-electron chi connectivity index (χ1n) is 15.5. The van der Waals surface area contributed by atoms with Crippen LogP contribution in [-0.4, -0.2) is 73.6 Å². The third kappa shape index (κ3) is 6.53. The molecule has 6 rings (SSSR count). The maximum atomic E-state index is 14.9. The number of nitrogens with two attached hydrogens (primary N) is 1. The number of piperidine rings is 2. The average molecular weight is 643 g/mol. The van der Waals surface area contributed by atoms with E-state index in [1.165, 1.54) is 18.2 Å². The number of pyridine rings is 1. The third-order valence-corrected chi connectivity index (χ3v) is 8.94. The smallest absolute Gasteiger partial charge is 0.383 e. The Hall–Kier alpha value is -4.20. The minimum absolute atomic E-state index is 0.0243. The number of benzene rings is 1. The van der Waals surface area contributed by atoms with Gasteiger partial charge >= 0.3 is 6.18 Å². The van der Waals surface area contributed by atoms with E-state index in [2.05, 4.69) is 23.7 Å². The monoisotopic (exact) mass is 642 g/mol. The predicted molar refractivity (Wildman–Crippen MR) is 162 cm³/mol. The zero-order valence-electron chi connectivity index (χ0n) is 25.6. The fourth-order valence-corrected chi connectivity index (χ4v) is 6.46. The minimum Gasteiger partial charge on any atom is -0.383 e. The summed E-state index contributed by atoms with van der Waals surface area (Å²) >= 11 is 0. The van der Waals surface area contributed by atoms with Crippen molar-refractivity contribution in [3.63, 3.8) is 0 Å². The zero-order chi connectivity index (χ0) is 32.7. The number of alkyl halides is 3. The number of carbonyl (C=O) groups is 1. The molecule has 2 aliphatic rings. The molecule has 0 bridgehead atoms. The molecule has 0 aliphatic carbocycles. The number of fused-ring (bicyclic) bond motifs is 1. The van der Waals surface area contributed by atoms with Crippen LogP contribution in [0.2, 0.25) is 0 Å². The molecule has 9 nitrogen and oxygen atoms in total. The van der Waals surface area contributed by atoms with Gasteiger partial charge in [0.25, 0.3) is 5.78 Å². The second-order valence-electron chi connectivity index (χ2n) is 12.4. The Morgan fingerprint density at radius 2 is 1.76 bits per heavy atom. The quantitative estimate of drug-likeness (QED) is 0.198. The molecule has 2 aliphatic heterocycles. The number of hydrogen-bond acceptors (Lipinski definition) is 8. The molecule has 0 spiro atoms.